The maximum Gasteiger partial charge on any atom is 0.252 e. The highest BCUT2D eigenvalue weighted by Crippen LogP contribution is 2.28. The van der Waals surface area contributed by atoms with Crippen molar-refractivity contribution in [2.75, 3.05) is 32.6 Å². The molecule has 5 heteroatoms. The lowest BCUT2D eigenvalue weighted by molar-refractivity contribution is 0.294. The van der Waals surface area contributed by atoms with E-state index in [-0.39, 0.29) is 5.56 Å². The summed E-state index contributed by atoms with van der Waals surface area (Å²) in [5.41, 5.74) is 4.99. The van der Waals surface area contributed by atoms with Crippen LogP contribution in [0.15, 0.2) is 65.5 Å². The molecule has 1 aliphatic carbocycles. The molecule has 0 radical (unpaired) electrons. The lowest BCUT2D eigenvalue weighted by Gasteiger charge is -2.29. The van der Waals surface area contributed by atoms with Gasteiger partial charge in [-0.3, -0.25) is 9.78 Å². The predicted octanol–water partition coefficient (Wildman–Crippen LogP) is 3.34. The van der Waals surface area contributed by atoms with E-state index in [1.807, 2.05) is 13.1 Å². The zero-order valence-electron chi connectivity index (χ0n) is 18.7. The topological polar surface area (TPSA) is 52.2 Å². The van der Waals surface area contributed by atoms with Gasteiger partial charge in [-0.1, -0.05) is 54.6 Å². The molecule has 0 fully saturated rings. The fraction of sp³-hybridized carbons (Fsp3) is 0.385. The summed E-state index contributed by atoms with van der Waals surface area (Å²) in [5.74, 6) is 1.16. The molecule has 0 saturated heterocycles. The van der Waals surface area contributed by atoms with Crippen LogP contribution in [0.5, 0.6) is 0 Å². The standard InChI is InChI=1S/C26H32N4O/c1-29(2)24(16-19-9-5-4-6-10-19)18-30(3)26-27-23(17-25(31)28-26)15-20-13-21-11-7-8-12-22(21)14-20/h4-12,17,20,24H,13-16,18H2,1-3H3,(H,27,28,31)/t24-/m0/s1. The van der Waals surface area contributed by atoms with Crippen LogP contribution in [0.3, 0.4) is 0 Å². The molecule has 0 aliphatic heterocycles. The molecular formula is C26H32N4O. The molecule has 1 N–H and O–H groups in total. The third-order valence-electron chi connectivity index (χ3n) is 6.31. The monoisotopic (exact) mass is 416 g/mol. The summed E-state index contributed by atoms with van der Waals surface area (Å²) in [6, 6.07) is 21.1. The highest BCUT2D eigenvalue weighted by atomic mass is 16.1. The van der Waals surface area contributed by atoms with Crippen LogP contribution in [-0.4, -0.2) is 48.6 Å². The minimum Gasteiger partial charge on any atom is -0.344 e. The Hall–Kier alpha value is -2.92. The third kappa shape index (κ3) is 5.42. The Balaban J connectivity index is 1.45. The number of benzene rings is 2. The molecule has 0 bridgehead atoms. The van der Waals surface area contributed by atoms with E-state index in [1.165, 1.54) is 16.7 Å². The van der Waals surface area contributed by atoms with E-state index in [0.29, 0.717) is 17.9 Å². The number of hydrogen-bond acceptors (Lipinski definition) is 4. The van der Waals surface area contributed by atoms with Crippen molar-refractivity contribution in [3.8, 4) is 0 Å². The van der Waals surface area contributed by atoms with Gasteiger partial charge in [0.15, 0.2) is 0 Å². The number of rotatable bonds is 8. The molecule has 0 spiro atoms. The molecule has 2 aromatic carbocycles. The van der Waals surface area contributed by atoms with Gasteiger partial charge >= 0.3 is 0 Å². The average Bonchev–Trinajstić information content (AvgIpc) is 3.15. The van der Waals surface area contributed by atoms with Crippen LogP contribution in [0.2, 0.25) is 0 Å². The lowest BCUT2D eigenvalue weighted by Crippen LogP contribution is -2.41. The fourth-order valence-corrected chi connectivity index (χ4v) is 4.57. The Bertz CT molecular complexity index is 1040. The van der Waals surface area contributed by atoms with Gasteiger partial charge in [-0.15, -0.1) is 0 Å². The van der Waals surface area contributed by atoms with Gasteiger partial charge < -0.3 is 9.80 Å². The van der Waals surface area contributed by atoms with Crippen LogP contribution in [0, 0.1) is 5.92 Å². The first kappa shape index (κ1) is 21.3. The van der Waals surface area contributed by atoms with Gasteiger partial charge in [0.05, 0.1) is 5.69 Å². The van der Waals surface area contributed by atoms with Crippen LogP contribution in [0.1, 0.15) is 22.4 Å². The zero-order valence-corrected chi connectivity index (χ0v) is 18.7. The Morgan fingerprint density at radius 2 is 1.65 bits per heavy atom. The number of likely N-dealkylation sites (N-methyl/N-ethyl adjacent to an activating group) is 2. The van der Waals surface area contributed by atoms with Crippen molar-refractivity contribution in [1.82, 2.24) is 14.9 Å². The van der Waals surface area contributed by atoms with Crippen LogP contribution < -0.4 is 10.5 Å². The Labute approximate surface area is 184 Å². The van der Waals surface area contributed by atoms with E-state index in [9.17, 15) is 4.79 Å². The SMILES string of the molecule is CN(C[C@H](Cc1ccccc1)N(C)C)c1nc(CC2Cc3ccccc3C2)cc(=O)[nH]1. The summed E-state index contributed by atoms with van der Waals surface area (Å²) < 4.78 is 0. The van der Waals surface area contributed by atoms with Crippen LogP contribution in [-0.2, 0) is 25.7 Å². The van der Waals surface area contributed by atoms with E-state index in [4.69, 9.17) is 4.98 Å². The van der Waals surface area contributed by atoms with E-state index in [2.05, 4.69) is 77.4 Å². The predicted molar refractivity (Wildman–Crippen MR) is 127 cm³/mol. The lowest BCUT2D eigenvalue weighted by atomic mass is 10.00. The number of hydrogen-bond donors (Lipinski definition) is 1. The van der Waals surface area contributed by atoms with E-state index in [0.717, 1.165) is 37.9 Å². The summed E-state index contributed by atoms with van der Waals surface area (Å²) in [4.78, 5) is 24.5. The Morgan fingerprint density at radius 3 is 2.29 bits per heavy atom. The Morgan fingerprint density at radius 1 is 1.00 bits per heavy atom. The molecule has 0 amide bonds. The molecule has 3 aromatic rings. The van der Waals surface area contributed by atoms with Crippen LogP contribution in [0.4, 0.5) is 5.95 Å². The molecule has 162 valence electrons. The molecular weight excluding hydrogens is 384 g/mol. The number of H-pyrrole nitrogens is 1. The van der Waals surface area contributed by atoms with Crippen molar-refractivity contribution < 1.29 is 0 Å². The highest BCUT2D eigenvalue weighted by Gasteiger charge is 2.22. The molecule has 1 heterocycles. The van der Waals surface area contributed by atoms with Crippen molar-refractivity contribution >= 4 is 5.95 Å². The first-order valence-corrected chi connectivity index (χ1v) is 11.1. The van der Waals surface area contributed by atoms with E-state index < -0.39 is 0 Å². The number of anilines is 1. The maximum atomic E-state index is 12.4. The fourth-order valence-electron chi connectivity index (χ4n) is 4.57. The van der Waals surface area contributed by atoms with Crippen molar-refractivity contribution in [2.24, 2.45) is 5.92 Å². The second-order valence-electron chi connectivity index (χ2n) is 9.00. The molecule has 0 unspecified atom stereocenters. The minimum atomic E-state index is -0.0770. The highest BCUT2D eigenvalue weighted by molar-refractivity contribution is 5.34. The molecule has 1 aliphatic rings. The summed E-state index contributed by atoms with van der Waals surface area (Å²) in [7, 11) is 6.21. The second kappa shape index (κ2) is 9.48. The van der Waals surface area contributed by atoms with Crippen LogP contribution in [0.25, 0.3) is 0 Å². The molecule has 31 heavy (non-hydrogen) atoms. The van der Waals surface area contributed by atoms with Crippen molar-refractivity contribution in [2.45, 2.75) is 31.7 Å². The summed E-state index contributed by atoms with van der Waals surface area (Å²) >= 11 is 0. The van der Waals surface area contributed by atoms with E-state index >= 15 is 0 Å². The smallest absolute Gasteiger partial charge is 0.252 e. The number of aromatic amines is 1. The first-order valence-electron chi connectivity index (χ1n) is 11.1. The number of nitrogens with one attached hydrogen (secondary N) is 1. The van der Waals surface area contributed by atoms with E-state index in [1.54, 1.807) is 6.07 Å². The van der Waals surface area contributed by atoms with Gasteiger partial charge in [0.1, 0.15) is 0 Å². The van der Waals surface area contributed by atoms with Gasteiger partial charge in [0, 0.05) is 25.7 Å². The summed E-state index contributed by atoms with van der Waals surface area (Å²) in [6.45, 7) is 0.781. The largest absolute Gasteiger partial charge is 0.344 e. The quantitative estimate of drug-likeness (QED) is 0.612. The normalized spacial score (nSPS) is 14.6. The number of aromatic nitrogens is 2. The Kier molecular flexibility index (Phi) is 6.52. The molecule has 0 saturated carbocycles. The maximum absolute atomic E-state index is 12.4. The molecule has 1 aromatic heterocycles. The summed E-state index contributed by atoms with van der Waals surface area (Å²) in [5, 5.41) is 0. The summed E-state index contributed by atoms with van der Waals surface area (Å²) in [6.07, 6.45) is 3.91. The van der Waals surface area contributed by atoms with Gasteiger partial charge in [-0.2, -0.15) is 0 Å². The van der Waals surface area contributed by atoms with Gasteiger partial charge in [-0.05, 0) is 62.4 Å². The molecule has 1 atom stereocenters. The number of nitrogens with zero attached hydrogens (tertiary/aromatic N) is 3. The van der Waals surface area contributed by atoms with Crippen molar-refractivity contribution in [3.63, 3.8) is 0 Å². The third-order valence-corrected chi connectivity index (χ3v) is 6.31. The van der Waals surface area contributed by atoms with Crippen LogP contribution >= 0.6 is 0 Å². The first-order chi connectivity index (χ1) is 15.0. The van der Waals surface area contributed by atoms with Crippen molar-refractivity contribution in [1.29, 1.82) is 0 Å². The molecule has 4 rings (SSSR count). The zero-order chi connectivity index (χ0) is 21.8. The number of fused-ring (bicyclic) bond motifs is 1. The van der Waals surface area contributed by atoms with Crippen molar-refractivity contribution in [3.05, 3.63) is 93.4 Å². The van der Waals surface area contributed by atoms with Gasteiger partial charge in [0.2, 0.25) is 5.95 Å². The van der Waals surface area contributed by atoms with Gasteiger partial charge in [-0.25, -0.2) is 4.98 Å². The molecule has 5 nitrogen and oxygen atoms in total. The second-order valence-corrected chi connectivity index (χ2v) is 9.00. The van der Waals surface area contributed by atoms with Gasteiger partial charge in [0.25, 0.3) is 5.56 Å². The average molecular weight is 417 g/mol. The minimum absolute atomic E-state index is 0.0770.